The Morgan fingerprint density at radius 3 is 1.01 bits per heavy atom. The van der Waals surface area contributed by atoms with Gasteiger partial charge in [-0.15, -0.1) is 0 Å². The second-order valence-corrected chi connectivity index (χ2v) is 33.5. The van der Waals surface area contributed by atoms with E-state index in [4.69, 9.17) is 71.1 Å². The summed E-state index contributed by atoms with van der Waals surface area (Å²) >= 11 is 0. The molecule has 0 amide bonds. The van der Waals surface area contributed by atoms with E-state index in [0.29, 0.717) is 32.8 Å². The minimum absolute atomic E-state index is 0. The number of ether oxygens (including phenoxy) is 22. The lowest BCUT2D eigenvalue weighted by molar-refractivity contribution is -0.282. The molecule has 4 rings (SSSR count). The molecule has 1 aliphatic carbocycles. The summed E-state index contributed by atoms with van der Waals surface area (Å²) < 4.78 is 109. The summed E-state index contributed by atoms with van der Waals surface area (Å²) in [4.78, 5) is 171. The zero-order chi connectivity index (χ0) is 99.9. The van der Waals surface area contributed by atoms with Crippen molar-refractivity contribution in [1.82, 2.24) is 0 Å². The van der Waals surface area contributed by atoms with Crippen LogP contribution < -0.4 is 0 Å². The van der Waals surface area contributed by atoms with Gasteiger partial charge in [0.15, 0.2) is 13.1 Å². The van der Waals surface area contributed by atoms with Crippen LogP contribution in [0.15, 0.2) is 12.7 Å². The normalized spacial score (nSPS) is 17.3. The highest BCUT2D eigenvalue weighted by Crippen LogP contribution is 2.34. The van der Waals surface area contributed by atoms with Gasteiger partial charge < -0.3 is 104 Å². The van der Waals surface area contributed by atoms with Crippen molar-refractivity contribution in [3.05, 3.63) is 12.7 Å². The van der Waals surface area contributed by atoms with Gasteiger partial charge in [0.2, 0.25) is 18.9 Å². The molecule has 872 valence electrons. The minimum Gasteiger partial charge on any atom is -0.469 e. The monoisotopic (exact) mass is 2100 g/mol. The SMILES string of the molecule is C.C.C.C.C.C.C.C.C.C.C.C.C.C.C.C.C=CC(C)(C)OC(=O)C(C)C(C)C(=O)OC.CCC(C)(C)C(=O)OC(C)OCCOC(C)=O.CCC(C)(C)C(=O)OC1OCC1OC.CCOCOC(=O)C(C)C(C)C(=O)OC.COC(=O)C(C)C(C)C(=O)OC(C)C.COC(=O)C(C)C(C)C(=O)OC1(C)CCCCC1.COC(=O)C(C)C(C)C(=O)OC1CCCCO1.COC(=O)C(C)C(C)C(=O)OC1OCC1OC. The Morgan fingerprint density at radius 1 is 0.375 bits per heavy atom. The summed E-state index contributed by atoms with van der Waals surface area (Å²) in [5.74, 6) is -11.9. The van der Waals surface area contributed by atoms with E-state index in [1.54, 1.807) is 138 Å². The summed E-state index contributed by atoms with van der Waals surface area (Å²) in [5.41, 5.74) is -2.02. The summed E-state index contributed by atoms with van der Waals surface area (Å²) in [7, 11) is 10.9. The maximum absolute atomic E-state index is 12.0. The van der Waals surface area contributed by atoms with E-state index in [2.05, 4.69) is 39.7 Å². The number of hydrogen-bond donors (Lipinski definition) is 0. The molecule has 3 aliphatic heterocycles. The van der Waals surface area contributed by atoms with Crippen LogP contribution in [0, 0.1) is 81.8 Å². The molecule has 0 bridgehead atoms. The number of carbonyl (C=O) groups is 15. The van der Waals surface area contributed by atoms with E-state index in [0.717, 1.165) is 51.4 Å². The molecule has 3 saturated heterocycles. The molecule has 4 fully saturated rings. The first-order valence-corrected chi connectivity index (χ1v) is 43.4. The van der Waals surface area contributed by atoms with Crippen LogP contribution >= 0.6 is 0 Å². The van der Waals surface area contributed by atoms with Gasteiger partial charge in [0.1, 0.15) is 30.0 Å². The summed E-state index contributed by atoms with van der Waals surface area (Å²) in [5, 5.41) is 0. The Morgan fingerprint density at radius 2 is 0.701 bits per heavy atom. The Bertz CT molecular complexity index is 3280. The third-order valence-corrected chi connectivity index (χ3v) is 21.9. The molecule has 18 unspecified atom stereocenters. The maximum Gasteiger partial charge on any atom is 0.313 e. The van der Waals surface area contributed by atoms with Gasteiger partial charge >= 0.3 is 89.5 Å². The molecule has 37 heteroatoms. The fourth-order valence-electron chi connectivity index (χ4n) is 10.00. The Kier molecular flexibility index (Phi) is 123. The highest BCUT2D eigenvalue weighted by atomic mass is 16.8. The van der Waals surface area contributed by atoms with Gasteiger partial charge in [-0.05, 0) is 134 Å². The summed E-state index contributed by atoms with van der Waals surface area (Å²) in [6.07, 6.45) is 8.20. The van der Waals surface area contributed by atoms with Crippen LogP contribution in [0.2, 0.25) is 0 Å². The molecule has 3 heterocycles. The van der Waals surface area contributed by atoms with Gasteiger partial charge in [-0.2, -0.15) is 0 Å². The predicted octanol–water partition coefficient (Wildman–Crippen LogP) is 22.2. The highest BCUT2D eigenvalue weighted by molar-refractivity contribution is 5.85. The number of hydrogen-bond acceptors (Lipinski definition) is 37. The van der Waals surface area contributed by atoms with Crippen LogP contribution in [-0.2, 0) is 176 Å². The minimum atomic E-state index is -0.721. The van der Waals surface area contributed by atoms with Crippen molar-refractivity contribution in [3.8, 4) is 0 Å². The molecule has 37 nitrogen and oxygen atoms in total. The molecule has 0 radical (unpaired) electrons. The maximum atomic E-state index is 12.0. The van der Waals surface area contributed by atoms with E-state index in [1.165, 1.54) is 63.1 Å². The second kappa shape index (κ2) is 96.6. The molecule has 144 heavy (non-hydrogen) atoms. The summed E-state index contributed by atoms with van der Waals surface area (Å²) in [6, 6.07) is 0. The molecule has 1 saturated carbocycles. The lowest BCUT2D eigenvalue weighted by Crippen LogP contribution is -2.50. The zero-order valence-corrected chi connectivity index (χ0v) is 82.9. The van der Waals surface area contributed by atoms with E-state index >= 15 is 0 Å². The predicted molar refractivity (Wildman–Crippen MR) is 571 cm³/mol. The van der Waals surface area contributed by atoms with Crippen molar-refractivity contribution in [2.45, 2.75) is 418 Å². The lowest BCUT2D eigenvalue weighted by atomic mass is 9.86. The van der Waals surface area contributed by atoms with Gasteiger partial charge in [0.05, 0.1) is 157 Å². The molecule has 0 aromatic heterocycles. The molecule has 0 aromatic rings. The highest BCUT2D eigenvalue weighted by Gasteiger charge is 2.42. The van der Waals surface area contributed by atoms with Gasteiger partial charge in [0.25, 0.3) is 0 Å². The van der Waals surface area contributed by atoms with Crippen molar-refractivity contribution in [2.75, 3.05) is 103 Å². The Labute approximate surface area is 877 Å². The fraction of sp³-hybridized carbons (Fsp3) is 0.841. The second-order valence-electron chi connectivity index (χ2n) is 33.5. The molecule has 0 aromatic carbocycles. The average Bonchev–Trinajstić information content (AvgIpc) is 0.884. The number of rotatable bonds is 39. The van der Waals surface area contributed by atoms with Crippen LogP contribution in [-0.4, -0.2) is 248 Å². The van der Waals surface area contributed by atoms with Crippen molar-refractivity contribution in [2.24, 2.45) is 81.8 Å². The van der Waals surface area contributed by atoms with Crippen molar-refractivity contribution in [3.63, 3.8) is 0 Å². The fourth-order valence-corrected chi connectivity index (χ4v) is 10.00. The molecule has 18 atom stereocenters. The van der Waals surface area contributed by atoms with E-state index in [1.807, 2.05) is 48.5 Å². The zero-order valence-electron chi connectivity index (χ0n) is 82.9. The van der Waals surface area contributed by atoms with Crippen LogP contribution in [0.1, 0.15) is 363 Å². The molecule has 0 spiro atoms. The molecular formula is C107H222O37. The van der Waals surface area contributed by atoms with E-state index < -0.39 is 166 Å². The smallest absolute Gasteiger partial charge is 0.313 e. The number of carbonyl (C=O) groups excluding carboxylic acids is 15. The first-order chi connectivity index (χ1) is 59.4. The van der Waals surface area contributed by atoms with Crippen LogP contribution in [0.5, 0.6) is 0 Å². The van der Waals surface area contributed by atoms with Crippen molar-refractivity contribution >= 4 is 89.5 Å². The third-order valence-electron chi connectivity index (χ3n) is 21.9. The standard InChI is InChI=1S/C14H24O4.C12H20O5.C12H22O5.C12H20O4.C11H18O6.C10H18O5.2C10H18O4.16CH4/c1-10(12(15)17-4)11(2)13(16)18-14(3)8-6-5-7-9-14;1-8(11(13)15-3)9(2)12(14)17-10-6-4-5-7-16-10;1-6-12(4,5)11(14)17-10(3)16-8-7-15-9(2)13;1-7-12(4,5)16-11(14)9(3)8(2)10(13)15-6;1-6(9(12)15-4)7(2)10(13)17-11-8(14-3)5-16-11;1-5-14-6-15-10(12)8(3)7(2)9(11)13-4;1-5-10(2,3)9(11)14-8-7(12-4)6-13-8;1-6(2)14-10(12)8(4)7(3)9(11)13-5;;;;;;;;;;;;;;;;/h10-11H,5-9H2,1-4H3;8-10H,4-7H2,1-3H3;10H,6-8H2,1-5H3;7-9H,1H2,2-6H3;6-8,11H,5H2,1-4H3;7-8H,5-6H2,1-4H3;7-8H,5-6H2,1-4H3;6-8H,1-5H3;16*1H4. The lowest BCUT2D eigenvalue weighted by Gasteiger charge is -2.36. The largest absolute Gasteiger partial charge is 0.469 e. The van der Waals surface area contributed by atoms with Crippen molar-refractivity contribution < 1.29 is 176 Å². The quantitative estimate of drug-likeness (QED) is 0.0181. The first kappa shape index (κ1) is 184. The third kappa shape index (κ3) is 73.6. The molecular weight excluding hydrogens is 1880 g/mol. The average molecular weight is 2100 g/mol. The van der Waals surface area contributed by atoms with Gasteiger partial charge in [-0.3, -0.25) is 71.9 Å². The number of methoxy groups -OCH3 is 8. The Balaban J connectivity index is -0.0000000668. The van der Waals surface area contributed by atoms with Crippen LogP contribution in [0.25, 0.3) is 0 Å². The van der Waals surface area contributed by atoms with Gasteiger partial charge in [0, 0.05) is 34.2 Å². The van der Waals surface area contributed by atoms with Gasteiger partial charge in [-0.25, -0.2) is 0 Å². The molecule has 0 N–H and O–H groups in total. The van der Waals surface area contributed by atoms with Crippen molar-refractivity contribution in [1.29, 1.82) is 0 Å². The number of esters is 15. The Hall–Kier alpha value is -8.49. The molecule has 4 aliphatic rings. The topological polar surface area (TPSA) is 459 Å². The van der Waals surface area contributed by atoms with Crippen LogP contribution in [0.4, 0.5) is 0 Å². The van der Waals surface area contributed by atoms with Gasteiger partial charge in [-0.1, -0.05) is 229 Å². The van der Waals surface area contributed by atoms with E-state index in [-0.39, 0.29) is 199 Å². The first-order valence-electron chi connectivity index (χ1n) is 43.4. The van der Waals surface area contributed by atoms with E-state index in [9.17, 15) is 71.9 Å². The summed E-state index contributed by atoms with van der Waals surface area (Å²) in [6.45, 7) is 50.7. The van der Waals surface area contributed by atoms with Crippen LogP contribution in [0.3, 0.4) is 0 Å².